The van der Waals surface area contributed by atoms with Gasteiger partial charge in [0, 0.05) is 6.08 Å². The molecule has 0 bridgehead atoms. The van der Waals surface area contributed by atoms with Crippen LogP contribution in [-0.4, -0.2) is 24.6 Å². The van der Waals surface area contributed by atoms with E-state index in [4.69, 9.17) is 9.47 Å². The van der Waals surface area contributed by atoms with Gasteiger partial charge in [-0.15, -0.1) is 0 Å². The molecule has 0 N–H and O–H groups in total. The minimum absolute atomic E-state index is 0.390. The van der Waals surface area contributed by atoms with Crippen molar-refractivity contribution >= 4 is 11.9 Å². The molecule has 0 amide bonds. The number of ether oxygens (including phenoxy) is 2. The standard InChI is InChI=1S/C14H24O4/c1-4-6-7-8-9-10-11-17-14(16)12(3)18-13(15)5-2/h5,12H,2,4,6-11H2,1,3H3. The summed E-state index contributed by atoms with van der Waals surface area (Å²) in [5.74, 6) is -1.11. The molecule has 1 atom stereocenters. The molecular formula is C14H24O4. The van der Waals surface area contributed by atoms with Gasteiger partial charge in [-0.05, 0) is 13.3 Å². The average Bonchev–Trinajstić information content (AvgIpc) is 2.37. The number of esters is 2. The van der Waals surface area contributed by atoms with E-state index in [9.17, 15) is 9.59 Å². The van der Waals surface area contributed by atoms with Crippen LogP contribution in [0.15, 0.2) is 12.7 Å². The summed E-state index contributed by atoms with van der Waals surface area (Å²) in [6.07, 6.45) is 6.97. The predicted molar refractivity (Wildman–Crippen MR) is 70.1 cm³/mol. The molecule has 0 saturated heterocycles. The maximum atomic E-state index is 11.4. The monoisotopic (exact) mass is 256 g/mol. The van der Waals surface area contributed by atoms with Gasteiger partial charge in [0.25, 0.3) is 0 Å². The molecule has 0 spiro atoms. The zero-order valence-electron chi connectivity index (χ0n) is 11.4. The molecule has 0 saturated carbocycles. The second kappa shape index (κ2) is 10.8. The number of carbonyl (C=O) groups excluding carboxylic acids is 2. The van der Waals surface area contributed by atoms with Crippen LogP contribution < -0.4 is 0 Å². The minimum atomic E-state index is -0.865. The molecule has 0 aliphatic carbocycles. The van der Waals surface area contributed by atoms with E-state index in [0.29, 0.717) is 6.61 Å². The second-order valence-electron chi connectivity index (χ2n) is 4.22. The van der Waals surface area contributed by atoms with Crippen LogP contribution >= 0.6 is 0 Å². The Bertz CT molecular complexity index is 261. The predicted octanol–water partition coefficient (Wildman–Crippen LogP) is 3.01. The van der Waals surface area contributed by atoms with Crippen LogP contribution in [0.25, 0.3) is 0 Å². The number of carbonyl (C=O) groups is 2. The van der Waals surface area contributed by atoms with E-state index in [-0.39, 0.29) is 0 Å². The summed E-state index contributed by atoms with van der Waals surface area (Å²) in [7, 11) is 0. The van der Waals surface area contributed by atoms with Crippen LogP contribution in [0.2, 0.25) is 0 Å². The summed E-state index contributed by atoms with van der Waals surface area (Å²) in [6.45, 7) is 7.31. The van der Waals surface area contributed by atoms with Gasteiger partial charge in [0.05, 0.1) is 6.61 Å². The fourth-order valence-corrected chi connectivity index (χ4v) is 1.44. The second-order valence-corrected chi connectivity index (χ2v) is 4.22. The van der Waals surface area contributed by atoms with Gasteiger partial charge in [-0.1, -0.05) is 45.6 Å². The number of unbranched alkanes of at least 4 members (excludes halogenated alkanes) is 5. The Labute approximate surface area is 109 Å². The Hall–Kier alpha value is -1.32. The first-order valence-electron chi connectivity index (χ1n) is 6.61. The van der Waals surface area contributed by atoms with Crippen molar-refractivity contribution in [2.75, 3.05) is 6.61 Å². The third-order valence-corrected chi connectivity index (χ3v) is 2.53. The molecule has 0 aromatic rings. The zero-order valence-corrected chi connectivity index (χ0v) is 11.4. The highest BCUT2D eigenvalue weighted by molar-refractivity contribution is 5.84. The number of rotatable bonds is 10. The third-order valence-electron chi connectivity index (χ3n) is 2.53. The minimum Gasteiger partial charge on any atom is -0.463 e. The molecule has 0 aromatic carbocycles. The van der Waals surface area contributed by atoms with Gasteiger partial charge in [-0.25, -0.2) is 9.59 Å². The van der Waals surface area contributed by atoms with Crippen molar-refractivity contribution in [3.05, 3.63) is 12.7 Å². The Morgan fingerprint density at radius 3 is 2.39 bits per heavy atom. The fraction of sp³-hybridized carbons (Fsp3) is 0.714. The molecule has 0 aliphatic rings. The average molecular weight is 256 g/mol. The van der Waals surface area contributed by atoms with E-state index in [1.807, 2.05) is 0 Å². The molecule has 4 nitrogen and oxygen atoms in total. The van der Waals surface area contributed by atoms with Gasteiger partial charge in [0.15, 0.2) is 6.10 Å². The van der Waals surface area contributed by atoms with Crippen molar-refractivity contribution in [3.63, 3.8) is 0 Å². The Morgan fingerprint density at radius 2 is 1.78 bits per heavy atom. The zero-order chi connectivity index (χ0) is 13.8. The summed E-state index contributed by atoms with van der Waals surface area (Å²) in [5, 5.41) is 0. The van der Waals surface area contributed by atoms with Gasteiger partial charge in [0.1, 0.15) is 0 Å². The third kappa shape index (κ3) is 8.79. The molecular weight excluding hydrogens is 232 g/mol. The molecule has 0 radical (unpaired) electrons. The van der Waals surface area contributed by atoms with E-state index < -0.39 is 18.0 Å². The fourth-order valence-electron chi connectivity index (χ4n) is 1.44. The lowest BCUT2D eigenvalue weighted by molar-refractivity contribution is -0.163. The first-order valence-corrected chi connectivity index (χ1v) is 6.61. The highest BCUT2D eigenvalue weighted by Crippen LogP contribution is 2.05. The smallest absolute Gasteiger partial charge is 0.347 e. The highest BCUT2D eigenvalue weighted by atomic mass is 16.6. The molecule has 0 fully saturated rings. The van der Waals surface area contributed by atoms with Crippen molar-refractivity contribution < 1.29 is 19.1 Å². The normalized spacial score (nSPS) is 11.7. The van der Waals surface area contributed by atoms with Crippen molar-refractivity contribution in [1.82, 2.24) is 0 Å². The summed E-state index contributed by atoms with van der Waals surface area (Å²) in [4.78, 5) is 22.3. The van der Waals surface area contributed by atoms with Gasteiger partial charge in [-0.3, -0.25) is 0 Å². The molecule has 0 aliphatic heterocycles. The Kier molecular flexibility index (Phi) is 10.0. The van der Waals surface area contributed by atoms with Crippen LogP contribution in [0, 0.1) is 0 Å². The van der Waals surface area contributed by atoms with Crippen molar-refractivity contribution in [3.8, 4) is 0 Å². The maximum absolute atomic E-state index is 11.4. The molecule has 0 rings (SSSR count). The maximum Gasteiger partial charge on any atom is 0.347 e. The van der Waals surface area contributed by atoms with Crippen LogP contribution in [-0.2, 0) is 19.1 Å². The molecule has 18 heavy (non-hydrogen) atoms. The molecule has 0 aromatic heterocycles. The van der Waals surface area contributed by atoms with Gasteiger partial charge < -0.3 is 9.47 Å². The van der Waals surface area contributed by atoms with Crippen LogP contribution in [0.1, 0.15) is 52.4 Å². The summed E-state index contributed by atoms with van der Waals surface area (Å²) < 4.78 is 9.75. The lowest BCUT2D eigenvalue weighted by atomic mass is 10.1. The summed E-state index contributed by atoms with van der Waals surface area (Å²) in [6, 6.07) is 0. The first kappa shape index (κ1) is 16.7. The largest absolute Gasteiger partial charge is 0.463 e. The van der Waals surface area contributed by atoms with Gasteiger partial charge in [0.2, 0.25) is 0 Å². The quantitative estimate of drug-likeness (QED) is 0.342. The van der Waals surface area contributed by atoms with E-state index >= 15 is 0 Å². The van der Waals surface area contributed by atoms with E-state index in [1.54, 1.807) is 0 Å². The van der Waals surface area contributed by atoms with E-state index in [0.717, 1.165) is 18.9 Å². The van der Waals surface area contributed by atoms with Gasteiger partial charge >= 0.3 is 11.9 Å². The van der Waals surface area contributed by atoms with Crippen molar-refractivity contribution in [2.24, 2.45) is 0 Å². The van der Waals surface area contributed by atoms with Gasteiger partial charge in [-0.2, -0.15) is 0 Å². The lowest BCUT2D eigenvalue weighted by Gasteiger charge is -2.11. The van der Waals surface area contributed by atoms with Crippen LogP contribution in [0.4, 0.5) is 0 Å². The Balaban J connectivity index is 3.52. The topological polar surface area (TPSA) is 52.6 Å². The summed E-state index contributed by atoms with van der Waals surface area (Å²) >= 11 is 0. The van der Waals surface area contributed by atoms with Crippen molar-refractivity contribution in [1.29, 1.82) is 0 Å². The van der Waals surface area contributed by atoms with Crippen molar-refractivity contribution in [2.45, 2.75) is 58.5 Å². The van der Waals surface area contributed by atoms with E-state index in [1.165, 1.54) is 32.6 Å². The lowest BCUT2D eigenvalue weighted by Crippen LogP contribution is -2.25. The first-order chi connectivity index (χ1) is 8.61. The van der Waals surface area contributed by atoms with E-state index in [2.05, 4.69) is 13.5 Å². The Morgan fingerprint density at radius 1 is 1.17 bits per heavy atom. The van der Waals surface area contributed by atoms with Crippen LogP contribution in [0.3, 0.4) is 0 Å². The molecule has 0 heterocycles. The van der Waals surface area contributed by atoms with Crippen LogP contribution in [0.5, 0.6) is 0 Å². The highest BCUT2D eigenvalue weighted by Gasteiger charge is 2.17. The molecule has 104 valence electrons. The SMILES string of the molecule is C=CC(=O)OC(C)C(=O)OCCCCCCCC. The number of hydrogen-bond donors (Lipinski definition) is 0. The molecule has 1 unspecified atom stereocenters. The number of hydrogen-bond acceptors (Lipinski definition) is 4. The molecule has 4 heteroatoms. The summed E-state index contributed by atoms with van der Waals surface area (Å²) in [5.41, 5.74) is 0.